The average Bonchev–Trinajstić information content (AvgIpc) is 2.28. The number of nitrogens with zero attached hydrogens (tertiary/aromatic N) is 1. The van der Waals surface area contributed by atoms with Gasteiger partial charge in [-0.1, -0.05) is 25.4 Å². The normalized spacial score (nSPS) is 11.0. The molecular weight excluding hydrogens is 220 g/mol. The number of fused-ring (bicyclic) bond motifs is 1. The number of hydrogen-bond donors (Lipinski definition) is 1. The van der Waals surface area contributed by atoms with E-state index in [1.165, 1.54) is 0 Å². The first-order valence-corrected chi connectivity index (χ1v) is 5.83. The van der Waals surface area contributed by atoms with Gasteiger partial charge in [-0.2, -0.15) is 0 Å². The maximum atomic E-state index is 6.10. The number of rotatable bonds is 3. The quantitative estimate of drug-likeness (QED) is 0.870. The Morgan fingerprint density at radius 2 is 2.12 bits per heavy atom. The van der Waals surface area contributed by atoms with Crippen LogP contribution in [0.3, 0.4) is 0 Å². The van der Waals surface area contributed by atoms with Crippen molar-refractivity contribution in [3.63, 3.8) is 0 Å². The van der Waals surface area contributed by atoms with Crippen molar-refractivity contribution in [3.8, 4) is 0 Å². The van der Waals surface area contributed by atoms with E-state index in [2.05, 4.69) is 24.1 Å². The molecule has 1 aromatic carbocycles. The largest absolute Gasteiger partial charge is 0.384 e. The molecule has 1 N–H and O–H groups in total. The van der Waals surface area contributed by atoms with Crippen LogP contribution in [0.1, 0.15) is 13.8 Å². The minimum absolute atomic E-state index is 0.613. The Bertz CT molecular complexity index is 494. The highest BCUT2D eigenvalue weighted by molar-refractivity contribution is 6.35. The van der Waals surface area contributed by atoms with Crippen LogP contribution in [-0.2, 0) is 0 Å². The minimum Gasteiger partial charge on any atom is -0.384 e. The monoisotopic (exact) mass is 234 g/mol. The molecule has 0 aliphatic rings. The molecule has 2 rings (SSSR count). The number of anilines is 1. The molecule has 0 radical (unpaired) electrons. The number of nitrogens with one attached hydrogen (secondary N) is 1. The maximum Gasteiger partial charge on any atom is 0.0908 e. The van der Waals surface area contributed by atoms with E-state index in [-0.39, 0.29) is 0 Å². The van der Waals surface area contributed by atoms with Gasteiger partial charge in [-0.05, 0) is 30.2 Å². The van der Waals surface area contributed by atoms with E-state index in [9.17, 15) is 0 Å². The van der Waals surface area contributed by atoms with Crippen LogP contribution in [0.5, 0.6) is 0 Å². The molecule has 1 heterocycles. The van der Waals surface area contributed by atoms with Gasteiger partial charge in [0.25, 0.3) is 0 Å². The maximum absolute atomic E-state index is 6.10. The van der Waals surface area contributed by atoms with Crippen LogP contribution in [0.15, 0.2) is 30.5 Å². The minimum atomic E-state index is 0.613. The van der Waals surface area contributed by atoms with E-state index < -0.39 is 0 Å². The van der Waals surface area contributed by atoms with E-state index in [1.54, 1.807) is 6.20 Å². The van der Waals surface area contributed by atoms with E-state index in [4.69, 9.17) is 11.6 Å². The third-order valence-corrected chi connectivity index (χ3v) is 2.73. The number of benzene rings is 1. The molecule has 2 nitrogen and oxygen atoms in total. The zero-order valence-electron chi connectivity index (χ0n) is 9.50. The molecule has 0 fully saturated rings. The third-order valence-electron chi connectivity index (χ3n) is 2.42. The van der Waals surface area contributed by atoms with Crippen molar-refractivity contribution in [1.82, 2.24) is 4.98 Å². The van der Waals surface area contributed by atoms with E-state index in [0.29, 0.717) is 10.9 Å². The Morgan fingerprint density at radius 1 is 1.31 bits per heavy atom. The fourth-order valence-corrected chi connectivity index (χ4v) is 1.82. The highest BCUT2D eigenvalue weighted by Gasteiger charge is 2.05. The second-order valence-corrected chi connectivity index (χ2v) is 4.68. The fraction of sp³-hybridized carbons (Fsp3) is 0.308. The summed E-state index contributed by atoms with van der Waals surface area (Å²) in [6, 6.07) is 7.87. The Labute approximate surface area is 101 Å². The number of pyridine rings is 1. The Balaban J connectivity index is 2.42. The summed E-state index contributed by atoms with van der Waals surface area (Å²) in [4.78, 5) is 4.30. The van der Waals surface area contributed by atoms with Gasteiger partial charge in [-0.15, -0.1) is 0 Å². The predicted octanol–water partition coefficient (Wildman–Crippen LogP) is 3.96. The van der Waals surface area contributed by atoms with Gasteiger partial charge >= 0.3 is 0 Å². The van der Waals surface area contributed by atoms with Crippen molar-refractivity contribution in [1.29, 1.82) is 0 Å². The lowest BCUT2D eigenvalue weighted by Crippen LogP contribution is -2.08. The fourth-order valence-electron chi connectivity index (χ4n) is 1.61. The summed E-state index contributed by atoms with van der Waals surface area (Å²) >= 11 is 6.10. The lowest BCUT2D eigenvalue weighted by Gasteiger charge is -2.11. The van der Waals surface area contributed by atoms with Crippen molar-refractivity contribution in [2.45, 2.75) is 13.8 Å². The molecule has 0 saturated carbocycles. The van der Waals surface area contributed by atoms with E-state index in [1.807, 2.05) is 24.3 Å². The molecule has 0 atom stereocenters. The van der Waals surface area contributed by atoms with Crippen molar-refractivity contribution in [2.75, 3.05) is 11.9 Å². The standard InChI is InChI=1S/C13H15ClN2/c1-9(2)8-16-12-6-5-11(14)13-10(12)4-3-7-15-13/h3-7,9,16H,8H2,1-2H3. The summed E-state index contributed by atoms with van der Waals surface area (Å²) in [6.07, 6.45) is 1.76. The SMILES string of the molecule is CC(C)CNc1ccc(Cl)c2ncccc12. The third kappa shape index (κ3) is 2.27. The lowest BCUT2D eigenvalue weighted by atomic mass is 10.1. The molecule has 84 valence electrons. The topological polar surface area (TPSA) is 24.9 Å². The Hall–Kier alpha value is -1.28. The number of aromatic nitrogens is 1. The van der Waals surface area contributed by atoms with Gasteiger partial charge in [-0.3, -0.25) is 4.98 Å². The van der Waals surface area contributed by atoms with Gasteiger partial charge in [-0.25, -0.2) is 0 Å². The molecule has 1 aromatic heterocycles. The van der Waals surface area contributed by atoms with Crippen LogP contribution in [-0.4, -0.2) is 11.5 Å². The van der Waals surface area contributed by atoms with Gasteiger partial charge in [0.1, 0.15) is 0 Å². The highest BCUT2D eigenvalue weighted by Crippen LogP contribution is 2.27. The van der Waals surface area contributed by atoms with E-state index >= 15 is 0 Å². The summed E-state index contributed by atoms with van der Waals surface area (Å²) in [5.74, 6) is 0.613. The van der Waals surface area contributed by atoms with Crippen LogP contribution in [0.25, 0.3) is 10.9 Å². The van der Waals surface area contributed by atoms with Crippen molar-refractivity contribution >= 4 is 28.2 Å². The summed E-state index contributed by atoms with van der Waals surface area (Å²) < 4.78 is 0. The summed E-state index contributed by atoms with van der Waals surface area (Å²) in [6.45, 7) is 5.32. The molecule has 0 saturated heterocycles. The molecule has 3 heteroatoms. The smallest absolute Gasteiger partial charge is 0.0908 e. The molecular formula is C13H15ClN2. The van der Waals surface area contributed by atoms with Gasteiger partial charge in [0.15, 0.2) is 0 Å². The molecule has 0 unspecified atom stereocenters. The molecule has 16 heavy (non-hydrogen) atoms. The first kappa shape index (κ1) is 11.2. The van der Waals surface area contributed by atoms with Crippen LogP contribution < -0.4 is 5.32 Å². The highest BCUT2D eigenvalue weighted by atomic mass is 35.5. The van der Waals surface area contributed by atoms with Gasteiger partial charge in [0, 0.05) is 23.8 Å². The van der Waals surface area contributed by atoms with Crippen molar-refractivity contribution < 1.29 is 0 Å². The zero-order valence-corrected chi connectivity index (χ0v) is 10.3. The van der Waals surface area contributed by atoms with Crippen LogP contribution in [0.2, 0.25) is 5.02 Å². The predicted molar refractivity (Wildman–Crippen MR) is 70.1 cm³/mol. The van der Waals surface area contributed by atoms with Crippen LogP contribution >= 0.6 is 11.6 Å². The zero-order chi connectivity index (χ0) is 11.5. The number of hydrogen-bond acceptors (Lipinski definition) is 2. The van der Waals surface area contributed by atoms with E-state index in [0.717, 1.165) is 23.1 Å². The van der Waals surface area contributed by atoms with Gasteiger partial charge < -0.3 is 5.32 Å². The van der Waals surface area contributed by atoms with Gasteiger partial charge in [0.05, 0.1) is 10.5 Å². The van der Waals surface area contributed by atoms with Crippen LogP contribution in [0, 0.1) is 5.92 Å². The average molecular weight is 235 g/mol. The molecule has 0 aliphatic carbocycles. The van der Waals surface area contributed by atoms with Crippen molar-refractivity contribution in [2.24, 2.45) is 5.92 Å². The first-order chi connectivity index (χ1) is 7.68. The molecule has 0 amide bonds. The summed E-state index contributed by atoms with van der Waals surface area (Å²) in [5.41, 5.74) is 1.96. The number of halogens is 1. The summed E-state index contributed by atoms with van der Waals surface area (Å²) in [5, 5.41) is 5.19. The Morgan fingerprint density at radius 3 is 2.88 bits per heavy atom. The lowest BCUT2D eigenvalue weighted by molar-refractivity contribution is 0.689. The van der Waals surface area contributed by atoms with Crippen LogP contribution in [0.4, 0.5) is 5.69 Å². The Kier molecular flexibility index (Phi) is 3.30. The second-order valence-electron chi connectivity index (χ2n) is 4.27. The van der Waals surface area contributed by atoms with Crippen molar-refractivity contribution in [3.05, 3.63) is 35.5 Å². The molecule has 0 spiro atoms. The summed E-state index contributed by atoms with van der Waals surface area (Å²) in [7, 11) is 0. The first-order valence-electron chi connectivity index (χ1n) is 5.45. The molecule has 2 aromatic rings. The second kappa shape index (κ2) is 4.71. The molecule has 0 bridgehead atoms. The van der Waals surface area contributed by atoms with Gasteiger partial charge in [0.2, 0.25) is 0 Å². The molecule has 0 aliphatic heterocycles.